The Morgan fingerprint density at radius 1 is 0.463 bits per heavy atom. The Balaban J connectivity index is 1.17. The highest BCUT2D eigenvalue weighted by atomic mass is 16.2. The monoisotopic (exact) mass is 548 g/mol. The van der Waals surface area contributed by atoms with Crippen molar-refractivity contribution >= 4 is 46.4 Å². The van der Waals surface area contributed by atoms with E-state index in [4.69, 9.17) is 0 Å². The summed E-state index contributed by atoms with van der Waals surface area (Å²) in [5.41, 5.74) is 5.43. The van der Waals surface area contributed by atoms with Gasteiger partial charge in [-0.25, -0.2) is 0 Å². The molecule has 0 atom stereocenters. The third-order valence-electron chi connectivity index (χ3n) is 6.44. The Kier molecular flexibility index (Phi) is 9.62. The molecule has 0 radical (unpaired) electrons. The van der Waals surface area contributed by atoms with Crippen molar-refractivity contribution in [3.63, 3.8) is 0 Å². The van der Waals surface area contributed by atoms with Crippen LogP contribution in [0.1, 0.15) is 51.1 Å². The van der Waals surface area contributed by atoms with Gasteiger partial charge in [0.2, 0.25) is 11.8 Å². The lowest BCUT2D eigenvalue weighted by Crippen LogP contribution is -2.15. The summed E-state index contributed by atoms with van der Waals surface area (Å²) in [7, 11) is 0. The summed E-state index contributed by atoms with van der Waals surface area (Å²) < 4.78 is 0. The van der Waals surface area contributed by atoms with Gasteiger partial charge >= 0.3 is 0 Å². The van der Waals surface area contributed by atoms with E-state index in [2.05, 4.69) is 21.3 Å². The molecule has 0 unspecified atom stereocenters. The summed E-state index contributed by atoms with van der Waals surface area (Å²) in [6.45, 7) is 3.76. The second kappa shape index (κ2) is 13.7. The van der Waals surface area contributed by atoms with Crippen LogP contribution in [0.5, 0.6) is 0 Å². The van der Waals surface area contributed by atoms with Crippen LogP contribution in [0, 0.1) is 13.8 Å². The van der Waals surface area contributed by atoms with Crippen molar-refractivity contribution in [2.24, 2.45) is 0 Å². The van der Waals surface area contributed by atoms with E-state index in [1.807, 2.05) is 50.2 Å². The van der Waals surface area contributed by atoms with Crippen molar-refractivity contribution in [3.8, 4) is 0 Å². The average molecular weight is 549 g/mol. The molecule has 0 heterocycles. The predicted octanol–water partition coefficient (Wildman–Crippen LogP) is 6.56. The van der Waals surface area contributed by atoms with Gasteiger partial charge < -0.3 is 21.3 Å². The van der Waals surface area contributed by atoms with Gasteiger partial charge in [0.1, 0.15) is 0 Å². The van der Waals surface area contributed by atoms with Crippen LogP contribution in [0.15, 0.2) is 97.1 Å². The lowest BCUT2D eigenvalue weighted by Gasteiger charge is -2.10. The maximum Gasteiger partial charge on any atom is 0.255 e. The molecule has 0 aliphatic rings. The highest BCUT2D eigenvalue weighted by Gasteiger charge is 2.11. The van der Waals surface area contributed by atoms with Crippen molar-refractivity contribution in [1.82, 2.24) is 0 Å². The second-order valence-electron chi connectivity index (χ2n) is 9.64. The minimum atomic E-state index is -0.205. The average Bonchev–Trinajstić information content (AvgIpc) is 2.95. The largest absolute Gasteiger partial charge is 0.326 e. The minimum absolute atomic E-state index is 0.184. The van der Waals surface area contributed by atoms with Crippen LogP contribution in [-0.4, -0.2) is 23.6 Å². The van der Waals surface area contributed by atoms with E-state index in [-0.39, 0.29) is 36.5 Å². The van der Waals surface area contributed by atoms with E-state index in [0.29, 0.717) is 40.3 Å². The molecule has 0 aromatic heterocycles. The standard InChI is InChI=1S/C33H32N4O4/c1-22-8-3-5-10-28(22)32(40)36-26-18-14-24(15-19-26)34-30(38)12-7-13-31(39)35-25-16-20-27(21-17-25)37-33(41)29-11-6-4-9-23(29)2/h3-6,8-11,14-21H,7,12-13H2,1-2H3,(H,34,38)(H,35,39)(H,36,40)(H,37,41). The Morgan fingerprint density at radius 2 is 0.780 bits per heavy atom. The Morgan fingerprint density at radius 3 is 1.12 bits per heavy atom. The highest BCUT2D eigenvalue weighted by molar-refractivity contribution is 6.06. The zero-order valence-electron chi connectivity index (χ0n) is 23.0. The van der Waals surface area contributed by atoms with Gasteiger partial charge in [-0.1, -0.05) is 36.4 Å². The van der Waals surface area contributed by atoms with Gasteiger partial charge in [-0.15, -0.1) is 0 Å². The molecule has 0 spiro atoms. The number of amides is 4. The molecule has 4 N–H and O–H groups in total. The number of rotatable bonds is 10. The van der Waals surface area contributed by atoms with E-state index in [9.17, 15) is 19.2 Å². The molecule has 4 aromatic carbocycles. The third-order valence-corrected chi connectivity index (χ3v) is 6.44. The summed E-state index contributed by atoms with van der Waals surface area (Å²) >= 11 is 0. The van der Waals surface area contributed by atoms with Crippen LogP contribution in [0.25, 0.3) is 0 Å². The maximum absolute atomic E-state index is 12.5. The molecule has 4 rings (SSSR count). The van der Waals surface area contributed by atoms with E-state index in [0.717, 1.165) is 11.1 Å². The van der Waals surface area contributed by atoms with Crippen molar-refractivity contribution in [3.05, 3.63) is 119 Å². The quantitative estimate of drug-likeness (QED) is 0.180. The molecule has 8 nitrogen and oxygen atoms in total. The van der Waals surface area contributed by atoms with E-state index in [1.165, 1.54) is 0 Å². The molecule has 0 fully saturated rings. The number of nitrogens with one attached hydrogen (secondary N) is 4. The van der Waals surface area contributed by atoms with Gasteiger partial charge in [0, 0.05) is 46.7 Å². The number of benzene rings is 4. The summed E-state index contributed by atoms with van der Waals surface area (Å²) in [4.78, 5) is 49.6. The van der Waals surface area contributed by atoms with Crippen LogP contribution in [-0.2, 0) is 9.59 Å². The first-order valence-electron chi connectivity index (χ1n) is 13.3. The second-order valence-corrected chi connectivity index (χ2v) is 9.64. The zero-order chi connectivity index (χ0) is 29.2. The number of hydrogen-bond acceptors (Lipinski definition) is 4. The van der Waals surface area contributed by atoms with E-state index >= 15 is 0 Å². The lowest BCUT2D eigenvalue weighted by molar-refractivity contribution is -0.117. The number of aryl methyl sites for hydroxylation is 2. The molecule has 0 saturated carbocycles. The first-order valence-corrected chi connectivity index (χ1v) is 13.3. The summed E-state index contributed by atoms with van der Waals surface area (Å²) in [6.07, 6.45) is 0.749. The molecule has 208 valence electrons. The van der Waals surface area contributed by atoms with Crippen molar-refractivity contribution in [2.75, 3.05) is 21.3 Å². The fraction of sp³-hybridized carbons (Fsp3) is 0.152. The molecule has 8 heteroatoms. The molecule has 0 aliphatic heterocycles. The summed E-state index contributed by atoms with van der Waals surface area (Å²) in [5.74, 6) is -0.801. The van der Waals surface area contributed by atoms with Crippen LogP contribution in [0.2, 0.25) is 0 Å². The number of anilines is 4. The first kappa shape index (κ1) is 28.8. The number of carbonyl (C=O) groups excluding carboxylic acids is 4. The van der Waals surface area contributed by atoms with Gasteiger partial charge in [0.15, 0.2) is 0 Å². The fourth-order valence-corrected chi connectivity index (χ4v) is 4.18. The van der Waals surface area contributed by atoms with E-state index < -0.39 is 0 Å². The van der Waals surface area contributed by atoms with Crippen LogP contribution < -0.4 is 21.3 Å². The number of carbonyl (C=O) groups is 4. The molecule has 4 aromatic rings. The smallest absolute Gasteiger partial charge is 0.255 e. The predicted molar refractivity (Wildman–Crippen MR) is 162 cm³/mol. The number of hydrogen-bond donors (Lipinski definition) is 4. The Hall–Kier alpha value is -5.24. The summed E-state index contributed by atoms with van der Waals surface area (Å²) in [6, 6.07) is 28.4. The van der Waals surface area contributed by atoms with Gasteiger partial charge in [0.05, 0.1) is 0 Å². The normalized spacial score (nSPS) is 10.4. The molecule has 0 aliphatic carbocycles. The van der Waals surface area contributed by atoms with Crippen LogP contribution in [0.4, 0.5) is 22.7 Å². The van der Waals surface area contributed by atoms with Crippen molar-refractivity contribution in [1.29, 1.82) is 0 Å². The van der Waals surface area contributed by atoms with Gasteiger partial charge in [-0.2, -0.15) is 0 Å². The minimum Gasteiger partial charge on any atom is -0.326 e. The Labute approximate surface area is 239 Å². The van der Waals surface area contributed by atoms with Crippen molar-refractivity contribution in [2.45, 2.75) is 33.1 Å². The zero-order valence-corrected chi connectivity index (χ0v) is 23.0. The van der Waals surface area contributed by atoms with Crippen molar-refractivity contribution < 1.29 is 19.2 Å². The lowest BCUT2D eigenvalue weighted by atomic mass is 10.1. The highest BCUT2D eigenvalue weighted by Crippen LogP contribution is 2.18. The Bertz CT molecular complexity index is 1430. The molecule has 0 bridgehead atoms. The fourth-order valence-electron chi connectivity index (χ4n) is 4.18. The van der Waals surface area contributed by atoms with Gasteiger partial charge in [-0.05, 0) is 92.1 Å². The topological polar surface area (TPSA) is 116 Å². The van der Waals surface area contributed by atoms with E-state index in [1.54, 1.807) is 60.7 Å². The molecular weight excluding hydrogens is 516 g/mol. The first-order chi connectivity index (χ1) is 19.8. The van der Waals surface area contributed by atoms with Gasteiger partial charge in [-0.3, -0.25) is 19.2 Å². The molecular formula is C33H32N4O4. The third kappa shape index (κ3) is 8.37. The van der Waals surface area contributed by atoms with Crippen LogP contribution >= 0.6 is 0 Å². The maximum atomic E-state index is 12.5. The molecule has 0 saturated heterocycles. The molecule has 41 heavy (non-hydrogen) atoms. The summed E-state index contributed by atoms with van der Waals surface area (Å²) in [5, 5.41) is 11.3. The molecule has 4 amide bonds. The van der Waals surface area contributed by atoms with Crippen LogP contribution in [0.3, 0.4) is 0 Å². The van der Waals surface area contributed by atoms with Gasteiger partial charge in [0.25, 0.3) is 11.8 Å². The SMILES string of the molecule is Cc1ccccc1C(=O)Nc1ccc(NC(=O)CCCC(=O)Nc2ccc(NC(=O)c3ccccc3C)cc2)cc1.